The van der Waals surface area contributed by atoms with Crippen LogP contribution in [-0.2, 0) is 4.79 Å². The molecule has 0 saturated heterocycles. The molecule has 0 saturated carbocycles. The van der Waals surface area contributed by atoms with Crippen molar-refractivity contribution in [2.75, 3.05) is 0 Å². The summed E-state index contributed by atoms with van der Waals surface area (Å²) in [6.45, 7) is 0. The van der Waals surface area contributed by atoms with E-state index in [9.17, 15) is 19.5 Å². The fraction of sp³-hybridized carbons (Fsp3) is 0.105. The molecule has 0 aliphatic carbocycles. The second-order valence-corrected chi connectivity index (χ2v) is 7.34. The third-order valence-corrected chi connectivity index (χ3v) is 4.96. The summed E-state index contributed by atoms with van der Waals surface area (Å²) in [7, 11) is 0. The average Bonchev–Trinajstić information content (AvgIpc) is 3.03. The van der Waals surface area contributed by atoms with E-state index < -0.39 is 29.9 Å². The van der Waals surface area contributed by atoms with E-state index in [1.165, 1.54) is 12.1 Å². The van der Waals surface area contributed by atoms with E-state index in [1.807, 2.05) is 0 Å². The summed E-state index contributed by atoms with van der Waals surface area (Å²) in [4.78, 5) is 36.2. The van der Waals surface area contributed by atoms with Gasteiger partial charge in [-0.15, -0.1) is 0 Å². The van der Waals surface area contributed by atoms with Gasteiger partial charge in [0.25, 0.3) is 11.5 Å². The number of nitrogens with one attached hydrogen (secondary N) is 2. The van der Waals surface area contributed by atoms with Crippen LogP contribution in [-0.4, -0.2) is 26.8 Å². The first-order valence-corrected chi connectivity index (χ1v) is 9.44. The van der Waals surface area contributed by atoms with Crippen molar-refractivity contribution < 1.29 is 14.7 Å². The molecule has 0 aliphatic rings. The van der Waals surface area contributed by atoms with Crippen LogP contribution in [0.4, 0.5) is 0 Å². The molecule has 1 heterocycles. The molecule has 10 heteroatoms. The number of halogens is 3. The number of rotatable bonds is 6. The molecule has 29 heavy (non-hydrogen) atoms. The number of hydrogen-bond donors (Lipinski definition) is 3. The normalized spacial score (nSPS) is 11.8. The first kappa shape index (κ1) is 21.0. The summed E-state index contributed by atoms with van der Waals surface area (Å²) >= 11 is 18.1. The Morgan fingerprint density at radius 2 is 1.79 bits per heavy atom. The molecule has 1 aromatic heterocycles. The van der Waals surface area contributed by atoms with E-state index in [4.69, 9.17) is 34.8 Å². The molecule has 3 aromatic rings. The van der Waals surface area contributed by atoms with Crippen LogP contribution in [0, 0.1) is 0 Å². The zero-order valence-corrected chi connectivity index (χ0v) is 16.9. The molecule has 0 radical (unpaired) electrons. The lowest BCUT2D eigenvalue weighted by Crippen LogP contribution is -2.30. The highest BCUT2D eigenvalue weighted by Crippen LogP contribution is 2.28. The number of aromatic amines is 1. The largest absolute Gasteiger partial charge is 0.481 e. The third kappa shape index (κ3) is 4.82. The van der Waals surface area contributed by atoms with Gasteiger partial charge in [-0.25, -0.2) is 4.68 Å². The van der Waals surface area contributed by atoms with Gasteiger partial charge in [-0.3, -0.25) is 19.5 Å². The van der Waals surface area contributed by atoms with Crippen LogP contribution in [0.25, 0.3) is 5.69 Å². The zero-order chi connectivity index (χ0) is 21.1. The molecule has 3 N–H and O–H groups in total. The number of H-pyrrole nitrogens is 1. The summed E-state index contributed by atoms with van der Waals surface area (Å²) < 4.78 is 1.12. The lowest BCUT2D eigenvalue weighted by Gasteiger charge is -2.18. The molecule has 3 rings (SSSR count). The number of carbonyl (C=O) groups is 2. The Labute approximate surface area is 179 Å². The highest BCUT2D eigenvalue weighted by Gasteiger charge is 2.23. The van der Waals surface area contributed by atoms with Crippen molar-refractivity contribution in [3.05, 3.63) is 85.2 Å². The number of aliphatic carboxylic acids is 1. The SMILES string of the molecule is O=C(O)C[C@H](NC(=O)c1cc(=O)n(-c2ccccc2Cl)[nH]1)c1ccc(Cl)cc1Cl. The fourth-order valence-electron chi connectivity index (χ4n) is 2.76. The summed E-state index contributed by atoms with van der Waals surface area (Å²) in [5.74, 6) is -1.81. The zero-order valence-electron chi connectivity index (χ0n) is 14.7. The van der Waals surface area contributed by atoms with E-state index in [0.717, 1.165) is 10.7 Å². The van der Waals surface area contributed by atoms with Gasteiger partial charge >= 0.3 is 5.97 Å². The van der Waals surface area contributed by atoms with Crippen molar-refractivity contribution in [1.82, 2.24) is 15.1 Å². The van der Waals surface area contributed by atoms with Crippen molar-refractivity contribution >= 4 is 46.7 Å². The molecule has 0 spiro atoms. The second kappa shape index (κ2) is 8.73. The minimum absolute atomic E-state index is 0.0598. The topological polar surface area (TPSA) is 104 Å². The minimum atomic E-state index is -1.14. The molecular weight excluding hydrogens is 441 g/mol. The Morgan fingerprint density at radius 1 is 1.07 bits per heavy atom. The van der Waals surface area contributed by atoms with Crippen LogP contribution in [0.5, 0.6) is 0 Å². The molecule has 2 aromatic carbocycles. The highest BCUT2D eigenvalue weighted by atomic mass is 35.5. The van der Waals surface area contributed by atoms with Crippen molar-refractivity contribution in [2.45, 2.75) is 12.5 Å². The number of para-hydroxylation sites is 1. The lowest BCUT2D eigenvalue weighted by molar-refractivity contribution is -0.137. The summed E-state index contributed by atoms with van der Waals surface area (Å²) in [6.07, 6.45) is -0.414. The van der Waals surface area contributed by atoms with Gasteiger partial charge in [0, 0.05) is 16.1 Å². The summed E-state index contributed by atoms with van der Waals surface area (Å²) in [5, 5.41) is 15.4. The van der Waals surface area contributed by atoms with Gasteiger partial charge in [0.15, 0.2) is 0 Å². The van der Waals surface area contributed by atoms with Crippen LogP contribution in [0.2, 0.25) is 15.1 Å². The number of carboxylic acids is 1. The number of benzene rings is 2. The highest BCUT2D eigenvalue weighted by molar-refractivity contribution is 6.35. The van der Waals surface area contributed by atoms with E-state index in [-0.39, 0.29) is 10.7 Å². The van der Waals surface area contributed by atoms with Gasteiger partial charge in [0.1, 0.15) is 5.69 Å². The number of carbonyl (C=O) groups excluding carboxylic acids is 1. The lowest BCUT2D eigenvalue weighted by atomic mass is 10.0. The van der Waals surface area contributed by atoms with Gasteiger partial charge in [-0.1, -0.05) is 53.0 Å². The smallest absolute Gasteiger partial charge is 0.305 e. The summed E-state index contributed by atoms with van der Waals surface area (Å²) in [5.41, 5.74) is 0.207. The molecule has 1 atom stereocenters. The quantitative estimate of drug-likeness (QED) is 0.522. The average molecular weight is 455 g/mol. The van der Waals surface area contributed by atoms with Gasteiger partial charge in [-0.05, 0) is 29.8 Å². The van der Waals surface area contributed by atoms with Crippen molar-refractivity contribution in [3.63, 3.8) is 0 Å². The van der Waals surface area contributed by atoms with Gasteiger partial charge in [0.05, 0.1) is 23.2 Å². The number of hydrogen-bond acceptors (Lipinski definition) is 3. The molecule has 1 amide bonds. The van der Waals surface area contributed by atoms with E-state index in [2.05, 4.69) is 10.4 Å². The van der Waals surface area contributed by atoms with Gasteiger partial charge in [-0.2, -0.15) is 0 Å². The van der Waals surface area contributed by atoms with E-state index >= 15 is 0 Å². The molecule has 0 unspecified atom stereocenters. The number of nitrogens with zero attached hydrogens (tertiary/aromatic N) is 1. The minimum Gasteiger partial charge on any atom is -0.481 e. The second-order valence-electron chi connectivity index (χ2n) is 6.08. The van der Waals surface area contributed by atoms with Crippen molar-refractivity contribution in [1.29, 1.82) is 0 Å². The van der Waals surface area contributed by atoms with Crippen molar-refractivity contribution in [3.8, 4) is 5.69 Å². The van der Waals surface area contributed by atoms with Crippen molar-refractivity contribution in [2.24, 2.45) is 0 Å². The Hall–Kier alpha value is -2.74. The maximum atomic E-state index is 12.7. The van der Waals surface area contributed by atoms with E-state index in [1.54, 1.807) is 30.3 Å². The molecule has 7 nitrogen and oxygen atoms in total. The Bertz CT molecular complexity index is 1140. The van der Waals surface area contributed by atoms with Gasteiger partial charge < -0.3 is 10.4 Å². The fourth-order valence-corrected chi connectivity index (χ4v) is 3.52. The van der Waals surface area contributed by atoms with Crippen LogP contribution >= 0.6 is 34.8 Å². The number of carboxylic acid groups (broad SMARTS) is 1. The van der Waals surface area contributed by atoms with E-state index in [0.29, 0.717) is 21.3 Å². The molecule has 0 aliphatic heterocycles. The Kier molecular flexibility index (Phi) is 6.32. The first-order valence-electron chi connectivity index (χ1n) is 8.31. The van der Waals surface area contributed by atoms with Crippen LogP contribution in [0.15, 0.2) is 53.3 Å². The monoisotopic (exact) mass is 453 g/mol. The van der Waals surface area contributed by atoms with Crippen LogP contribution < -0.4 is 10.9 Å². The molecular formula is C19H14Cl3N3O4. The number of aromatic nitrogens is 2. The number of amides is 1. The van der Waals surface area contributed by atoms with Gasteiger partial charge in [0.2, 0.25) is 0 Å². The molecule has 0 bridgehead atoms. The predicted molar refractivity (Wildman–Crippen MR) is 110 cm³/mol. The third-order valence-electron chi connectivity index (χ3n) is 4.08. The first-order chi connectivity index (χ1) is 13.8. The van der Waals surface area contributed by atoms with Crippen LogP contribution in [0.1, 0.15) is 28.5 Å². The standard InChI is InChI=1S/C19H14Cl3N3O4/c20-10-5-6-11(13(22)7-10)14(9-18(27)28)23-19(29)15-8-17(26)25(24-15)16-4-2-1-3-12(16)21/h1-8,14,24H,9H2,(H,23,29)(H,27,28)/t14-/m0/s1. The molecule has 150 valence electrons. The maximum Gasteiger partial charge on any atom is 0.305 e. The van der Waals surface area contributed by atoms with Crippen LogP contribution in [0.3, 0.4) is 0 Å². The predicted octanol–water partition coefficient (Wildman–Crippen LogP) is 4.07. The maximum absolute atomic E-state index is 12.7. The Morgan fingerprint density at radius 3 is 2.45 bits per heavy atom. The molecule has 0 fully saturated rings. The Balaban J connectivity index is 1.91. The summed E-state index contributed by atoms with van der Waals surface area (Å²) in [6, 6.07) is 11.3.